The third-order valence-corrected chi connectivity index (χ3v) is 3.88. The average Bonchev–Trinajstić information content (AvgIpc) is 2.95. The Morgan fingerprint density at radius 3 is 2.75 bits per heavy atom. The summed E-state index contributed by atoms with van der Waals surface area (Å²) in [6.45, 7) is 3.13. The van der Waals surface area contributed by atoms with Gasteiger partial charge < -0.3 is 10.4 Å². The molecule has 0 fully saturated rings. The molecule has 2 N–H and O–H groups in total. The second-order valence-corrected chi connectivity index (χ2v) is 5.37. The first-order chi connectivity index (χ1) is 9.38. The average molecular weight is 294 g/mol. The van der Waals surface area contributed by atoms with Crippen molar-refractivity contribution < 1.29 is 14.7 Å². The lowest BCUT2D eigenvalue weighted by atomic mass is 10.3. The zero-order valence-corrected chi connectivity index (χ0v) is 12.1. The van der Waals surface area contributed by atoms with E-state index < -0.39 is 17.9 Å². The van der Waals surface area contributed by atoms with E-state index in [2.05, 4.69) is 15.4 Å². The number of carbonyl (C=O) groups excluding carboxylic acids is 1. The van der Waals surface area contributed by atoms with Gasteiger partial charge in [-0.2, -0.15) is 5.10 Å². The van der Waals surface area contributed by atoms with E-state index in [4.69, 9.17) is 5.11 Å². The first-order valence-electron chi connectivity index (χ1n) is 5.88. The van der Waals surface area contributed by atoms with Crippen LogP contribution < -0.4 is 5.32 Å². The molecule has 1 atom stereocenters. The second-order valence-electron chi connectivity index (χ2n) is 4.37. The molecule has 1 unspecified atom stereocenters. The van der Waals surface area contributed by atoms with Crippen LogP contribution in [0.4, 0.5) is 0 Å². The fourth-order valence-electron chi connectivity index (χ4n) is 1.59. The number of thiazole rings is 1. The summed E-state index contributed by atoms with van der Waals surface area (Å²) in [5.74, 6) is -1.50. The van der Waals surface area contributed by atoms with Crippen LogP contribution in [0.15, 0.2) is 12.4 Å². The molecule has 0 aliphatic heterocycles. The van der Waals surface area contributed by atoms with Crippen LogP contribution in [-0.4, -0.2) is 37.8 Å². The maximum Gasteiger partial charge on any atom is 0.325 e. The summed E-state index contributed by atoms with van der Waals surface area (Å²) in [4.78, 5) is 27.5. The highest BCUT2D eigenvalue weighted by Crippen LogP contribution is 2.27. The Labute approximate surface area is 119 Å². The number of aromatic nitrogens is 3. The molecule has 0 aromatic carbocycles. The van der Waals surface area contributed by atoms with Gasteiger partial charge in [-0.25, -0.2) is 4.98 Å². The number of rotatable bonds is 4. The summed E-state index contributed by atoms with van der Waals surface area (Å²) in [5, 5.41) is 16.0. The van der Waals surface area contributed by atoms with Gasteiger partial charge in [-0.05, 0) is 13.8 Å². The smallest absolute Gasteiger partial charge is 0.325 e. The molecule has 106 valence electrons. The number of carboxylic acids is 1. The maximum atomic E-state index is 12.0. The number of amides is 1. The monoisotopic (exact) mass is 294 g/mol. The Morgan fingerprint density at radius 2 is 2.20 bits per heavy atom. The van der Waals surface area contributed by atoms with Gasteiger partial charge in [0.25, 0.3) is 5.91 Å². The highest BCUT2D eigenvalue weighted by molar-refractivity contribution is 7.17. The van der Waals surface area contributed by atoms with E-state index in [1.807, 2.05) is 0 Å². The molecule has 0 aliphatic carbocycles. The number of aryl methyl sites for hydroxylation is 2. The SMILES string of the molecule is Cc1nc(-c2cnn(C)c2)sc1C(=O)NC(C)C(=O)O. The Hall–Kier alpha value is -2.22. The third-order valence-electron chi connectivity index (χ3n) is 2.67. The van der Waals surface area contributed by atoms with E-state index in [0.717, 1.165) is 5.56 Å². The van der Waals surface area contributed by atoms with Crippen molar-refractivity contribution in [3.8, 4) is 10.6 Å². The fraction of sp³-hybridized carbons (Fsp3) is 0.333. The number of carbonyl (C=O) groups is 2. The van der Waals surface area contributed by atoms with Crippen LogP contribution in [0.5, 0.6) is 0 Å². The predicted molar refractivity (Wildman–Crippen MR) is 73.6 cm³/mol. The van der Waals surface area contributed by atoms with Crippen LogP contribution >= 0.6 is 11.3 Å². The van der Waals surface area contributed by atoms with Gasteiger partial charge in [-0.1, -0.05) is 0 Å². The molecule has 2 aromatic rings. The number of nitrogens with one attached hydrogen (secondary N) is 1. The molecule has 0 saturated carbocycles. The predicted octanol–water partition coefficient (Wildman–Crippen LogP) is 1.05. The van der Waals surface area contributed by atoms with Gasteiger partial charge in [0.15, 0.2) is 0 Å². The van der Waals surface area contributed by atoms with Gasteiger partial charge in [0, 0.05) is 18.8 Å². The van der Waals surface area contributed by atoms with E-state index >= 15 is 0 Å². The van der Waals surface area contributed by atoms with Crippen LogP contribution in [0.3, 0.4) is 0 Å². The van der Waals surface area contributed by atoms with E-state index in [-0.39, 0.29) is 0 Å². The topological polar surface area (TPSA) is 97.1 Å². The molecular weight excluding hydrogens is 280 g/mol. The summed E-state index contributed by atoms with van der Waals surface area (Å²) in [7, 11) is 1.80. The van der Waals surface area contributed by atoms with Crippen molar-refractivity contribution in [3.05, 3.63) is 23.0 Å². The minimum absolute atomic E-state index is 0.414. The van der Waals surface area contributed by atoms with Gasteiger partial charge in [0.1, 0.15) is 15.9 Å². The summed E-state index contributed by atoms with van der Waals surface area (Å²) < 4.78 is 1.65. The van der Waals surface area contributed by atoms with Crippen molar-refractivity contribution >= 4 is 23.2 Å². The minimum atomic E-state index is -1.08. The number of hydrogen-bond donors (Lipinski definition) is 2. The van der Waals surface area contributed by atoms with Crippen LogP contribution in [0, 0.1) is 6.92 Å². The van der Waals surface area contributed by atoms with E-state index in [1.54, 1.807) is 31.0 Å². The largest absolute Gasteiger partial charge is 0.480 e. The van der Waals surface area contributed by atoms with E-state index in [1.165, 1.54) is 18.3 Å². The maximum absolute atomic E-state index is 12.0. The molecule has 2 heterocycles. The van der Waals surface area contributed by atoms with Gasteiger partial charge in [0.05, 0.1) is 11.9 Å². The normalized spacial score (nSPS) is 12.2. The van der Waals surface area contributed by atoms with Crippen molar-refractivity contribution in [3.63, 3.8) is 0 Å². The van der Waals surface area contributed by atoms with Crippen molar-refractivity contribution in [2.45, 2.75) is 19.9 Å². The number of aliphatic carboxylic acids is 1. The molecule has 8 heteroatoms. The Bertz CT molecular complexity index is 661. The van der Waals surface area contributed by atoms with Crippen molar-refractivity contribution in [1.29, 1.82) is 0 Å². The van der Waals surface area contributed by atoms with E-state index in [9.17, 15) is 9.59 Å². The molecule has 0 saturated heterocycles. The lowest BCUT2D eigenvalue weighted by Crippen LogP contribution is -2.38. The zero-order chi connectivity index (χ0) is 14.9. The van der Waals surface area contributed by atoms with Crippen LogP contribution in [0.25, 0.3) is 10.6 Å². The van der Waals surface area contributed by atoms with E-state index in [0.29, 0.717) is 15.6 Å². The highest BCUT2D eigenvalue weighted by atomic mass is 32.1. The summed E-state index contributed by atoms with van der Waals surface area (Å²) in [5.41, 5.74) is 1.40. The van der Waals surface area contributed by atoms with Gasteiger partial charge in [-0.3, -0.25) is 14.3 Å². The molecule has 0 aliphatic rings. The zero-order valence-electron chi connectivity index (χ0n) is 11.2. The van der Waals surface area contributed by atoms with Crippen molar-refractivity contribution in [1.82, 2.24) is 20.1 Å². The standard InChI is InChI=1S/C12H14N4O3S/c1-6-9(10(17)14-7(2)12(18)19)20-11(15-6)8-4-13-16(3)5-8/h4-5,7H,1-3H3,(H,14,17)(H,18,19). The van der Waals surface area contributed by atoms with Crippen LogP contribution in [-0.2, 0) is 11.8 Å². The second kappa shape index (κ2) is 5.41. The van der Waals surface area contributed by atoms with Crippen molar-refractivity contribution in [2.75, 3.05) is 0 Å². The first-order valence-corrected chi connectivity index (χ1v) is 6.70. The van der Waals surface area contributed by atoms with Gasteiger partial charge in [-0.15, -0.1) is 11.3 Å². The van der Waals surface area contributed by atoms with Crippen molar-refractivity contribution in [2.24, 2.45) is 7.05 Å². The van der Waals surface area contributed by atoms with Gasteiger partial charge >= 0.3 is 5.97 Å². The molecule has 0 bridgehead atoms. The summed E-state index contributed by atoms with van der Waals surface area (Å²) >= 11 is 1.22. The minimum Gasteiger partial charge on any atom is -0.480 e. The quantitative estimate of drug-likeness (QED) is 0.878. The lowest BCUT2D eigenvalue weighted by Gasteiger charge is -2.07. The molecule has 0 spiro atoms. The fourth-order valence-corrected chi connectivity index (χ4v) is 2.53. The number of hydrogen-bond acceptors (Lipinski definition) is 5. The summed E-state index contributed by atoms with van der Waals surface area (Å²) in [6, 6.07) is -0.939. The molecule has 2 aromatic heterocycles. The molecule has 7 nitrogen and oxygen atoms in total. The third kappa shape index (κ3) is 2.85. The molecule has 20 heavy (non-hydrogen) atoms. The molecule has 2 rings (SSSR count). The Kier molecular flexibility index (Phi) is 3.84. The van der Waals surface area contributed by atoms with Gasteiger partial charge in [0.2, 0.25) is 0 Å². The lowest BCUT2D eigenvalue weighted by molar-refractivity contribution is -0.138. The van der Waals surface area contributed by atoms with Crippen LogP contribution in [0.1, 0.15) is 22.3 Å². The molecular formula is C12H14N4O3S. The highest BCUT2D eigenvalue weighted by Gasteiger charge is 2.20. The Morgan fingerprint density at radius 1 is 1.50 bits per heavy atom. The molecule has 1 amide bonds. The van der Waals surface area contributed by atoms with Crippen LogP contribution in [0.2, 0.25) is 0 Å². The Balaban J connectivity index is 2.23. The summed E-state index contributed by atoms with van der Waals surface area (Å²) in [6.07, 6.45) is 3.47. The first kappa shape index (κ1) is 14.2. The number of carboxylic acid groups (broad SMARTS) is 1. The molecule has 0 radical (unpaired) electrons. The number of nitrogens with zero attached hydrogens (tertiary/aromatic N) is 3.